The van der Waals surface area contributed by atoms with E-state index in [2.05, 4.69) is 121 Å². The van der Waals surface area contributed by atoms with Crippen molar-refractivity contribution in [2.45, 2.75) is 72.6 Å². The molecule has 4 heterocycles. The molecule has 2 saturated heterocycles. The summed E-state index contributed by atoms with van der Waals surface area (Å²) in [5.74, 6) is 1.96. The van der Waals surface area contributed by atoms with E-state index < -0.39 is 5.60 Å². The lowest BCUT2D eigenvalue weighted by Crippen LogP contribution is -2.46. The molecule has 280 valence electrons. The standard InChI is InChI=1S/C42H54N8O3/c1-7-40(33(6)30(2)3)50-41(51)49(29-45-50)37-11-9-35(10-12-37)46-18-20-47(21-19-46)36-13-15-38(16-14-36)52-24-34-23-42(53-25-34,26-48-28-43-27-44-48)39-17-8-31(4)22-32(39)5/h8-17,22,27-30,33-34,40H,7,18-21,23-26H2,1-6H3. The van der Waals surface area contributed by atoms with E-state index in [0.29, 0.717) is 31.6 Å². The minimum atomic E-state index is -0.471. The van der Waals surface area contributed by atoms with Gasteiger partial charge < -0.3 is 19.3 Å². The third-order valence-electron chi connectivity index (χ3n) is 11.5. The molecule has 11 heteroatoms. The highest BCUT2D eigenvalue weighted by Gasteiger charge is 2.44. The first-order valence-corrected chi connectivity index (χ1v) is 19.2. The molecule has 3 aromatic carbocycles. The number of rotatable bonds is 13. The number of benzene rings is 3. The van der Waals surface area contributed by atoms with E-state index in [1.807, 2.05) is 16.8 Å². The van der Waals surface area contributed by atoms with Crippen molar-refractivity contribution in [1.29, 1.82) is 0 Å². The molecule has 2 aromatic heterocycles. The van der Waals surface area contributed by atoms with Gasteiger partial charge in [-0.3, -0.25) is 0 Å². The van der Waals surface area contributed by atoms with Crippen molar-refractivity contribution in [2.24, 2.45) is 17.8 Å². The first-order chi connectivity index (χ1) is 25.6. The minimum Gasteiger partial charge on any atom is -0.493 e. The van der Waals surface area contributed by atoms with Crippen LogP contribution in [0.4, 0.5) is 11.4 Å². The van der Waals surface area contributed by atoms with Crippen LogP contribution in [0.15, 0.2) is 90.5 Å². The van der Waals surface area contributed by atoms with Gasteiger partial charge in [0.05, 0.1) is 31.5 Å². The van der Waals surface area contributed by atoms with Crippen LogP contribution in [0.2, 0.25) is 0 Å². The van der Waals surface area contributed by atoms with Crippen LogP contribution in [0, 0.1) is 31.6 Å². The fourth-order valence-corrected chi connectivity index (χ4v) is 8.20. The van der Waals surface area contributed by atoms with E-state index in [1.165, 1.54) is 22.4 Å². The molecule has 4 unspecified atom stereocenters. The zero-order valence-corrected chi connectivity index (χ0v) is 32.1. The highest BCUT2D eigenvalue weighted by atomic mass is 16.5. The third-order valence-corrected chi connectivity index (χ3v) is 11.5. The maximum Gasteiger partial charge on any atom is 0.350 e. The summed E-state index contributed by atoms with van der Waals surface area (Å²) >= 11 is 0. The highest BCUT2D eigenvalue weighted by Crippen LogP contribution is 2.42. The molecule has 4 atom stereocenters. The van der Waals surface area contributed by atoms with Gasteiger partial charge in [0.15, 0.2) is 0 Å². The molecule has 5 aromatic rings. The molecule has 7 rings (SSSR count). The summed E-state index contributed by atoms with van der Waals surface area (Å²) in [7, 11) is 0. The van der Waals surface area contributed by atoms with Crippen LogP contribution in [-0.2, 0) is 16.9 Å². The third kappa shape index (κ3) is 7.76. The Hall–Kier alpha value is -4.90. The average molecular weight is 719 g/mol. The Morgan fingerprint density at radius 2 is 1.53 bits per heavy atom. The van der Waals surface area contributed by atoms with Gasteiger partial charge in [0.25, 0.3) is 0 Å². The summed E-state index contributed by atoms with van der Waals surface area (Å²) in [6, 6.07) is 23.5. The molecule has 0 aliphatic carbocycles. The van der Waals surface area contributed by atoms with Crippen LogP contribution in [0.25, 0.3) is 5.69 Å². The van der Waals surface area contributed by atoms with Crippen LogP contribution >= 0.6 is 0 Å². The number of aromatic nitrogens is 6. The number of hydrogen-bond acceptors (Lipinski definition) is 8. The Bertz CT molecular complexity index is 2000. The molecule has 53 heavy (non-hydrogen) atoms. The maximum absolute atomic E-state index is 13.3. The van der Waals surface area contributed by atoms with Crippen LogP contribution in [0.5, 0.6) is 5.75 Å². The Labute approximate surface area is 313 Å². The predicted molar refractivity (Wildman–Crippen MR) is 209 cm³/mol. The zero-order chi connectivity index (χ0) is 37.1. The summed E-state index contributed by atoms with van der Waals surface area (Å²) in [5.41, 5.74) is 6.34. The predicted octanol–water partition coefficient (Wildman–Crippen LogP) is 6.82. The number of ether oxygens (including phenoxy) is 2. The summed E-state index contributed by atoms with van der Waals surface area (Å²) in [5, 5.41) is 8.90. The van der Waals surface area contributed by atoms with Gasteiger partial charge >= 0.3 is 5.69 Å². The Morgan fingerprint density at radius 1 is 0.868 bits per heavy atom. The first-order valence-electron chi connectivity index (χ1n) is 19.2. The Balaban J connectivity index is 0.921. The van der Waals surface area contributed by atoms with E-state index in [9.17, 15) is 4.79 Å². The summed E-state index contributed by atoms with van der Waals surface area (Å²) in [4.78, 5) is 22.3. The van der Waals surface area contributed by atoms with Crippen molar-refractivity contribution in [3.63, 3.8) is 0 Å². The SMILES string of the molecule is CCC(C(C)C(C)C)n1ncn(-c2ccc(N3CCN(c4ccc(OCC5COC(Cn6cncn6)(c6ccc(C)cc6C)C5)cc4)CC3)cc2)c1=O. The smallest absolute Gasteiger partial charge is 0.350 e. The summed E-state index contributed by atoms with van der Waals surface area (Å²) in [6.07, 6.45) is 6.72. The molecule has 0 saturated carbocycles. The van der Waals surface area contributed by atoms with E-state index in [-0.39, 0.29) is 17.6 Å². The normalized spacial score (nSPS) is 20.2. The highest BCUT2D eigenvalue weighted by molar-refractivity contribution is 5.54. The Morgan fingerprint density at radius 3 is 2.13 bits per heavy atom. The maximum atomic E-state index is 13.3. The molecule has 2 aliphatic heterocycles. The van der Waals surface area contributed by atoms with Crippen LogP contribution in [-0.4, -0.2) is 68.5 Å². The molecular formula is C42H54N8O3. The van der Waals surface area contributed by atoms with Gasteiger partial charge in [0.2, 0.25) is 0 Å². The van der Waals surface area contributed by atoms with Gasteiger partial charge in [-0.25, -0.2) is 23.7 Å². The second-order valence-electron chi connectivity index (χ2n) is 15.4. The van der Waals surface area contributed by atoms with Gasteiger partial charge in [-0.05, 0) is 98.2 Å². The fourth-order valence-electron chi connectivity index (χ4n) is 8.20. The largest absolute Gasteiger partial charge is 0.493 e. The molecule has 2 fully saturated rings. The first kappa shape index (κ1) is 36.5. The topological polar surface area (TPSA) is 95.5 Å². The molecule has 0 radical (unpaired) electrons. The van der Waals surface area contributed by atoms with Gasteiger partial charge in [-0.2, -0.15) is 10.2 Å². The second kappa shape index (κ2) is 15.6. The fraction of sp³-hybridized carbons (Fsp3) is 0.476. The molecule has 0 spiro atoms. The van der Waals surface area contributed by atoms with Crippen molar-refractivity contribution in [3.05, 3.63) is 113 Å². The lowest BCUT2D eigenvalue weighted by Gasteiger charge is -2.37. The number of hydrogen-bond donors (Lipinski definition) is 0. The average Bonchev–Trinajstić information content (AvgIpc) is 3.93. The number of anilines is 2. The second-order valence-corrected chi connectivity index (χ2v) is 15.4. The van der Waals surface area contributed by atoms with E-state index in [1.54, 1.807) is 28.2 Å². The Kier molecular flexibility index (Phi) is 10.7. The minimum absolute atomic E-state index is 0.0794. The summed E-state index contributed by atoms with van der Waals surface area (Å²) < 4.78 is 18.2. The van der Waals surface area contributed by atoms with Crippen LogP contribution in [0.1, 0.15) is 63.3 Å². The lowest BCUT2D eigenvalue weighted by atomic mass is 9.84. The molecular weight excluding hydrogens is 665 g/mol. The quantitative estimate of drug-likeness (QED) is 0.131. The molecule has 11 nitrogen and oxygen atoms in total. The monoisotopic (exact) mass is 718 g/mol. The summed E-state index contributed by atoms with van der Waals surface area (Å²) in [6.45, 7) is 18.5. The molecule has 0 amide bonds. The molecule has 0 N–H and O–H groups in total. The number of aryl methyl sites for hydroxylation is 2. The van der Waals surface area contributed by atoms with Crippen molar-refractivity contribution in [2.75, 3.05) is 49.2 Å². The molecule has 2 aliphatic rings. The molecule has 0 bridgehead atoms. The van der Waals surface area contributed by atoms with Crippen molar-refractivity contribution in [3.8, 4) is 11.4 Å². The van der Waals surface area contributed by atoms with Gasteiger partial charge in [0, 0.05) is 43.5 Å². The van der Waals surface area contributed by atoms with Crippen molar-refractivity contribution < 1.29 is 9.47 Å². The van der Waals surface area contributed by atoms with Crippen LogP contribution < -0.4 is 20.2 Å². The van der Waals surface area contributed by atoms with Crippen molar-refractivity contribution in [1.82, 2.24) is 29.1 Å². The number of nitrogens with zero attached hydrogens (tertiary/aromatic N) is 8. The zero-order valence-electron chi connectivity index (χ0n) is 32.1. The van der Waals surface area contributed by atoms with E-state index in [0.717, 1.165) is 56.1 Å². The van der Waals surface area contributed by atoms with Gasteiger partial charge in [-0.1, -0.05) is 51.5 Å². The number of piperazine rings is 1. The van der Waals surface area contributed by atoms with E-state index in [4.69, 9.17) is 9.47 Å². The van der Waals surface area contributed by atoms with Crippen molar-refractivity contribution >= 4 is 11.4 Å². The van der Waals surface area contributed by atoms with Gasteiger partial charge in [0.1, 0.15) is 30.3 Å². The van der Waals surface area contributed by atoms with Crippen LogP contribution in [0.3, 0.4) is 0 Å². The van der Waals surface area contributed by atoms with Gasteiger partial charge in [-0.15, -0.1) is 0 Å². The lowest BCUT2D eigenvalue weighted by molar-refractivity contribution is -0.0184. The van der Waals surface area contributed by atoms with E-state index >= 15 is 0 Å².